The third-order valence-corrected chi connectivity index (χ3v) is 4.04. The molecule has 0 aliphatic rings. The van der Waals surface area contributed by atoms with Crippen LogP contribution in [-0.2, 0) is 0 Å². The fraction of sp³-hybridized carbons (Fsp3) is 0.0714. The van der Waals surface area contributed by atoms with Crippen molar-refractivity contribution in [2.24, 2.45) is 0 Å². The standard InChI is InChI=1S/C14H9N5O2S/c1-7-12(22-19-18-7)13(20)17-14-16-11-8-3-2-6-15-9(8)4-5-10(11)21-14/h2-6H,1H3,(H,16,17,20). The number of benzene rings is 1. The first-order chi connectivity index (χ1) is 10.7. The maximum absolute atomic E-state index is 12.1. The molecule has 3 heterocycles. The van der Waals surface area contributed by atoms with Crippen LogP contribution in [-0.4, -0.2) is 25.5 Å². The molecule has 0 radical (unpaired) electrons. The van der Waals surface area contributed by atoms with Gasteiger partial charge in [0.2, 0.25) is 0 Å². The Kier molecular flexibility index (Phi) is 2.83. The topological polar surface area (TPSA) is 93.8 Å². The van der Waals surface area contributed by atoms with Gasteiger partial charge >= 0.3 is 6.01 Å². The number of pyridine rings is 1. The number of aryl methyl sites for hydroxylation is 1. The molecular formula is C14H9N5O2S. The van der Waals surface area contributed by atoms with E-state index in [1.54, 1.807) is 19.2 Å². The summed E-state index contributed by atoms with van der Waals surface area (Å²) in [6.45, 7) is 1.73. The second-order valence-electron chi connectivity index (χ2n) is 4.64. The maximum Gasteiger partial charge on any atom is 0.302 e. The Labute approximate surface area is 128 Å². The molecule has 3 aromatic heterocycles. The fourth-order valence-electron chi connectivity index (χ4n) is 2.19. The van der Waals surface area contributed by atoms with Gasteiger partial charge in [-0.3, -0.25) is 15.1 Å². The van der Waals surface area contributed by atoms with Crippen molar-refractivity contribution in [3.63, 3.8) is 0 Å². The first-order valence-electron chi connectivity index (χ1n) is 6.47. The van der Waals surface area contributed by atoms with Gasteiger partial charge in [-0.25, -0.2) is 0 Å². The van der Waals surface area contributed by atoms with Crippen LogP contribution < -0.4 is 5.32 Å². The van der Waals surface area contributed by atoms with Crippen molar-refractivity contribution in [1.82, 2.24) is 19.6 Å². The van der Waals surface area contributed by atoms with E-state index in [0.29, 0.717) is 21.7 Å². The number of anilines is 1. The van der Waals surface area contributed by atoms with Crippen LogP contribution in [0.5, 0.6) is 0 Å². The summed E-state index contributed by atoms with van der Waals surface area (Å²) in [5.41, 5.74) is 2.66. The minimum atomic E-state index is -0.332. The summed E-state index contributed by atoms with van der Waals surface area (Å²) in [7, 11) is 0. The van der Waals surface area contributed by atoms with Crippen molar-refractivity contribution >= 4 is 45.5 Å². The number of hydrogen-bond acceptors (Lipinski definition) is 7. The molecule has 1 N–H and O–H groups in total. The molecule has 108 valence electrons. The van der Waals surface area contributed by atoms with Crippen molar-refractivity contribution < 1.29 is 9.21 Å². The third kappa shape index (κ3) is 2.01. The molecule has 1 amide bonds. The number of carbonyl (C=O) groups is 1. The van der Waals surface area contributed by atoms with Crippen molar-refractivity contribution in [2.45, 2.75) is 6.92 Å². The molecule has 4 rings (SSSR count). The Hall–Kier alpha value is -2.87. The van der Waals surface area contributed by atoms with E-state index in [2.05, 4.69) is 24.9 Å². The number of fused-ring (bicyclic) bond motifs is 3. The molecule has 4 aromatic rings. The van der Waals surface area contributed by atoms with Crippen LogP contribution >= 0.6 is 11.5 Å². The van der Waals surface area contributed by atoms with Gasteiger partial charge in [-0.2, -0.15) is 4.98 Å². The molecule has 0 aliphatic carbocycles. The predicted octanol–water partition coefficient (Wildman–Crippen LogP) is 2.79. The highest BCUT2D eigenvalue weighted by atomic mass is 32.1. The van der Waals surface area contributed by atoms with E-state index in [0.717, 1.165) is 22.4 Å². The average molecular weight is 311 g/mol. The minimum Gasteiger partial charge on any atom is -0.423 e. The lowest BCUT2D eigenvalue weighted by Gasteiger charge is -1.96. The van der Waals surface area contributed by atoms with Crippen LogP contribution in [0.25, 0.3) is 22.0 Å². The molecule has 1 aromatic carbocycles. The monoisotopic (exact) mass is 311 g/mol. The Balaban J connectivity index is 1.75. The van der Waals surface area contributed by atoms with Gasteiger partial charge in [0.25, 0.3) is 5.91 Å². The van der Waals surface area contributed by atoms with Crippen LogP contribution in [0.1, 0.15) is 15.4 Å². The summed E-state index contributed by atoms with van der Waals surface area (Å²) in [5.74, 6) is -0.332. The first-order valence-corrected chi connectivity index (χ1v) is 7.24. The molecule has 0 bridgehead atoms. The number of rotatable bonds is 2. The summed E-state index contributed by atoms with van der Waals surface area (Å²) in [6.07, 6.45) is 1.72. The van der Waals surface area contributed by atoms with Crippen LogP contribution in [0.4, 0.5) is 6.01 Å². The minimum absolute atomic E-state index is 0.143. The van der Waals surface area contributed by atoms with Gasteiger partial charge < -0.3 is 4.42 Å². The van der Waals surface area contributed by atoms with E-state index < -0.39 is 0 Å². The van der Waals surface area contributed by atoms with Crippen LogP contribution in [0.3, 0.4) is 0 Å². The predicted molar refractivity (Wildman–Crippen MR) is 81.9 cm³/mol. The zero-order valence-corrected chi connectivity index (χ0v) is 12.2. The summed E-state index contributed by atoms with van der Waals surface area (Å²) in [4.78, 5) is 21.2. The number of nitrogens with one attached hydrogen (secondary N) is 1. The highest BCUT2D eigenvalue weighted by molar-refractivity contribution is 7.08. The van der Waals surface area contributed by atoms with E-state index in [1.165, 1.54) is 0 Å². The number of aromatic nitrogens is 4. The van der Waals surface area contributed by atoms with Gasteiger partial charge in [0.1, 0.15) is 10.4 Å². The van der Waals surface area contributed by atoms with E-state index in [-0.39, 0.29) is 11.9 Å². The number of oxazole rings is 1. The molecule has 7 nitrogen and oxygen atoms in total. The lowest BCUT2D eigenvalue weighted by atomic mass is 10.2. The van der Waals surface area contributed by atoms with Gasteiger partial charge in [-0.05, 0) is 42.7 Å². The van der Waals surface area contributed by atoms with Crippen molar-refractivity contribution in [1.29, 1.82) is 0 Å². The van der Waals surface area contributed by atoms with Crippen molar-refractivity contribution in [2.75, 3.05) is 5.32 Å². The first kappa shape index (κ1) is 12.8. The second kappa shape index (κ2) is 4.85. The molecule has 0 aliphatic heterocycles. The van der Waals surface area contributed by atoms with E-state index in [4.69, 9.17) is 4.42 Å². The smallest absolute Gasteiger partial charge is 0.302 e. The zero-order chi connectivity index (χ0) is 15.1. The van der Waals surface area contributed by atoms with Gasteiger partial charge in [0.15, 0.2) is 5.58 Å². The molecule has 0 unspecified atom stereocenters. The van der Waals surface area contributed by atoms with Gasteiger partial charge in [-0.1, -0.05) is 4.49 Å². The van der Waals surface area contributed by atoms with Gasteiger partial charge in [0, 0.05) is 11.6 Å². The van der Waals surface area contributed by atoms with E-state index in [9.17, 15) is 4.79 Å². The summed E-state index contributed by atoms with van der Waals surface area (Å²) in [6, 6.07) is 7.53. The number of hydrogen-bond donors (Lipinski definition) is 1. The lowest BCUT2D eigenvalue weighted by molar-refractivity contribution is 0.102. The maximum atomic E-state index is 12.1. The quantitative estimate of drug-likeness (QED) is 0.612. The third-order valence-electron chi connectivity index (χ3n) is 3.22. The highest BCUT2D eigenvalue weighted by Crippen LogP contribution is 2.26. The Bertz CT molecular complexity index is 1010. The van der Waals surface area contributed by atoms with Gasteiger partial charge in [0.05, 0.1) is 11.2 Å². The van der Waals surface area contributed by atoms with Gasteiger partial charge in [-0.15, -0.1) is 5.10 Å². The summed E-state index contributed by atoms with van der Waals surface area (Å²) >= 11 is 1.03. The van der Waals surface area contributed by atoms with Crippen LogP contribution in [0.15, 0.2) is 34.9 Å². The molecule has 0 atom stereocenters. The summed E-state index contributed by atoms with van der Waals surface area (Å²) < 4.78 is 9.32. The van der Waals surface area contributed by atoms with Crippen molar-refractivity contribution in [3.05, 3.63) is 41.0 Å². The largest absolute Gasteiger partial charge is 0.423 e. The average Bonchev–Trinajstić information content (AvgIpc) is 3.12. The normalized spacial score (nSPS) is 11.1. The highest BCUT2D eigenvalue weighted by Gasteiger charge is 2.17. The lowest BCUT2D eigenvalue weighted by Crippen LogP contribution is -2.11. The van der Waals surface area contributed by atoms with Crippen LogP contribution in [0.2, 0.25) is 0 Å². The molecule has 0 saturated heterocycles. The molecular weight excluding hydrogens is 302 g/mol. The molecule has 22 heavy (non-hydrogen) atoms. The fourth-order valence-corrected chi connectivity index (χ4v) is 2.74. The molecule has 8 heteroatoms. The van der Waals surface area contributed by atoms with Crippen molar-refractivity contribution in [3.8, 4) is 0 Å². The molecule has 0 saturated carbocycles. The number of carbonyl (C=O) groups excluding carboxylic acids is 1. The SMILES string of the molecule is Cc1nnsc1C(=O)Nc1nc2c(ccc3ncccc32)o1. The Morgan fingerprint density at radius 3 is 3.05 bits per heavy atom. The zero-order valence-electron chi connectivity index (χ0n) is 11.4. The van der Waals surface area contributed by atoms with E-state index >= 15 is 0 Å². The number of amides is 1. The Morgan fingerprint density at radius 2 is 2.23 bits per heavy atom. The molecule has 0 spiro atoms. The number of nitrogens with zero attached hydrogens (tertiary/aromatic N) is 4. The molecule has 0 fully saturated rings. The summed E-state index contributed by atoms with van der Waals surface area (Å²) in [5, 5.41) is 7.32. The second-order valence-corrected chi connectivity index (χ2v) is 5.40. The van der Waals surface area contributed by atoms with E-state index in [1.807, 2.05) is 18.2 Å². The Morgan fingerprint density at radius 1 is 1.32 bits per heavy atom. The van der Waals surface area contributed by atoms with Crippen LogP contribution in [0, 0.1) is 6.92 Å².